The number of aromatic nitrogens is 3. The van der Waals surface area contributed by atoms with Crippen molar-refractivity contribution in [1.29, 1.82) is 0 Å². The molecule has 3 aromatic carbocycles. The number of hydrogen-bond acceptors (Lipinski definition) is 6. The summed E-state index contributed by atoms with van der Waals surface area (Å²) in [6.45, 7) is 6.19. The number of alkyl halides is 3. The minimum absolute atomic E-state index is 0.0325. The van der Waals surface area contributed by atoms with E-state index >= 15 is 0 Å². The van der Waals surface area contributed by atoms with Crippen molar-refractivity contribution >= 4 is 29.3 Å². The number of nitrogens with one attached hydrogen (secondary N) is 1. The van der Waals surface area contributed by atoms with Gasteiger partial charge in [-0.05, 0) is 72.7 Å². The van der Waals surface area contributed by atoms with Gasteiger partial charge in [0.1, 0.15) is 12.1 Å². The Morgan fingerprint density at radius 3 is 2.48 bits per heavy atom. The fourth-order valence-electron chi connectivity index (χ4n) is 6.32. The number of anilines is 1. The third kappa shape index (κ3) is 7.59. The van der Waals surface area contributed by atoms with Crippen LogP contribution in [0.3, 0.4) is 0 Å². The van der Waals surface area contributed by atoms with Crippen molar-refractivity contribution in [2.24, 2.45) is 0 Å². The normalized spacial score (nSPS) is 19.3. The van der Waals surface area contributed by atoms with Gasteiger partial charge in [0.2, 0.25) is 11.8 Å². The molecule has 6 rings (SSSR count). The van der Waals surface area contributed by atoms with E-state index in [1.54, 1.807) is 11.0 Å². The first-order valence-electron chi connectivity index (χ1n) is 15.9. The zero-order valence-electron chi connectivity index (χ0n) is 26.8. The summed E-state index contributed by atoms with van der Waals surface area (Å²) in [5, 5.41) is 8.39. The molecule has 1 aromatic heterocycles. The van der Waals surface area contributed by atoms with Gasteiger partial charge in [-0.15, -0.1) is 18.3 Å². The number of hydrogen-bond donors (Lipinski definition) is 1. The van der Waals surface area contributed by atoms with Gasteiger partial charge in [0.25, 0.3) is 0 Å². The predicted octanol–water partition coefficient (Wildman–Crippen LogP) is 8.03. The van der Waals surface area contributed by atoms with Crippen molar-refractivity contribution in [3.8, 4) is 22.8 Å². The summed E-state index contributed by atoms with van der Waals surface area (Å²) >= 11 is 1.39. The van der Waals surface area contributed by atoms with Gasteiger partial charge in [0.05, 0.1) is 22.2 Å². The second kappa shape index (κ2) is 13.9. The standard InChI is InChI=1S/C36H36F3N5O3S/c1-22(2)28-17-8-23(3)18-31(28)44-33(46)20-48-34(44)19-32(45)41-30-7-5-4-6-29(30)24-9-11-25(12-10-24)35-40-21-43(42-35)26-13-15-27(16-14-26)47-36(37,38)39/h8-19,21-22,29-30H,4-7,20H2,1-3H3,(H,41,45). The van der Waals surface area contributed by atoms with Gasteiger partial charge in [-0.25, -0.2) is 9.67 Å². The molecule has 12 heteroatoms. The van der Waals surface area contributed by atoms with Crippen LogP contribution in [0, 0.1) is 6.92 Å². The Labute approximate surface area is 281 Å². The first-order valence-corrected chi connectivity index (χ1v) is 16.9. The van der Waals surface area contributed by atoms with Gasteiger partial charge >= 0.3 is 6.36 Å². The van der Waals surface area contributed by atoms with Crippen molar-refractivity contribution in [1.82, 2.24) is 20.1 Å². The number of aryl methyl sites for hydroxylation is 1. The second-order valence-electron chi connectivity index (χ2n) is 12.4. The van der Waals surface area contributed by atoms with E-state index in [1.165, 1.54) is 47.0 Å². The Bertz CT molecular complexity index is 1820. The number of amides is 2. The Balaban J connectivity index is 1.15. The lowest BCUT2D eigenvalue weighted by atomic mass is 9.79. The molecule has 8 nitrogen and oxygen atoms in total. The summed E-state index contributed by atoms with van der Waals surface area (Å²) in [5.74, 6) is 0.549. The number of nitrogens with zero attached hydrogens (tertiary/aromatic N) is 4. The molecule has 2 atom stereocenters. The van der Waals surface area contributed by atoms with Crippen molar-refractivity contribution in [2.45, 2.75) is 70.7 Å². The molecule has 1 N–H and O–H groups in total. The maximum Gasteiger partial charge on any atom is 0.573 e. The van der Waals surface area contributed by atoms with Crippen LogP contribution in [0.25, 0.3) is 17.1 Å². The quantitative estimate of drug-likeness (QED) is 0.190. The lowest BCUT2D eigenvalue weighted by Crippen LogP contribution is -2.40. The van der Waals surface area contributed by atoms with Crippen LogP contribution in [0.5, 0.6) is 5.75 Å². The number of carbonyl (C=O) groups is 2. The molecule has 250 valence electrons. The largest absolute Gasteiger partial charge is 0.573 e. The topological polar surface area (TPSA) is 89.4 Å². The van der Waals surface area contributed by atoms with Gasteiger partial charge in [-0.3, -0.25) is 14.5 Å². The number of carbonyl (C=O) groups excluding carboxylic acids is 2. The van der Waals surface area contributed by atoms with Crippen LogP contribution in [0.1, 0.15) is 68.1 Å². The number of benzene rings is 3. The van der Waals surface area contributed by atoms with Gasteiger partial charge in [0, 0.05) is 23.6 Å². The molecular formula is C36H36F3N5O3S. The van der Waals surface area contributed by atoms with E-state index in [1.807, 2.05) is 43.3 Å². The molecular weight excluding hydrogens is 639 g/mol. The SMILES string of the molecule is Cc1ccc(C(C)C)c(N2C(=O)CSC2=CC(=O)NC2CCCCC2c2ccc(-c3ncn(-c4ccc(OC(F)(F)F)cc4)n3)cc2)c1. The fraction of sp³-hybridized carbons (Fsp3) is 0.333. The van der Waals surface area contributed by atoms with Crippen LogP contribution in [-0.2, 0) is 9.59 Å². The van der Waals surface area contributed by atoms with Crippen molar-refractivity contribution in [3.63, 3.8) is 0 Å². The first-order chi connectivity index (χ1) is 22.9. The third-order valence-electron chi connectivity index (χ3n) is 8.63. The molecule has 2 heterocycles. The molecule has 1 saturated carbocycles. The van der Waals surface area contributed by atoms with Crippen LogP contribution in [0.15, 0.2) is 84.2 Å². The predicted molar refractivity (Wildman–Crippen MR) is 180 cm³/mol. The van der Waals surface area contributed by atoms with Crippen molar-refractivity contribution in [2.75, 3.05) is 10.7 Å². The summed E-state index contributed by atoms with van der Waals surface area (Å²) in [5.41, 5.74) is 5.38. The summed E-state index contributed by atoms with van der Waals surface area (Å²) < 4.78 is 42.9. The molecule has 2 amide bonds. The Kier molecular flexibility index (Phi) is 9.63. The van der Waals surface area contributed by atoms with Crippen LogP contribution >= 0.6 is 11.8 Å². The molecule has 48 heavy (non-hydrogen) atoms. The van der Waals surface area contributed by atoms with E-state index < -0.39 is 6.36 Å². The van der Waals surface area contributed by atoms with Gasteiger partial charge in [-0.1, -0.05) is 74.8 Å². The fourth-order valence-corrected chi connectivity index (χ4v) is 7.24. The highest BCUT2D eigenvalue weighted by molar-refractivity contribution is 8.04. The van der Waals surface area contributed by atoms with E-state index in [-0.39, 0.29) is 35.4 Å². The molecule has 2 aliphatic rings. The molecule has 0 spiro atoms. The highest BCUT2D eigenvalue weighted by Crippen LogP contribution is 2.39. The third-order valence-corrected chi connectivity index (χ3v) is 9.62. The minimum Gasteiger partial charge on any atom is -0.406 e. The molecule has 1 aliphatic heterocycles. The molecule has 2 fully saturated rings. The monoisotopic (exact) mass is 675 g/mol. The minimum atomic E-state index is -4.76. The van der Waals surface area contributed by atoms with Crippen LogP contribution < -0.4 is 15.0 Å². The van der Waals surface area contributed by atoms with E-state index in [0.717, 1.165) is 53.6 Å². The van der Waals surface area contributed by atoms with Gasteiger partial charge in [-0.2, -0.15) is 0 Å². The van der Waals surface area contributed by atoms with Crippen LogP contribution in [0.2, 0.25) is 0 Å². The molecule has 2 unspecified atom stereocenters. The first kappa shape index (κ1) is 33.3. The summed E-state index contributed by atoms with van der Waals surface area (Å²) in [6, 6.07) is 19.4. The van der Waals surface area contributed by atoms with Crippen LogP contribution in [-0.4, -0.2) is 44.7 Å². The maximum absolute atomic E-state index is 13.4. The molecule has 1 saturated heterocycles. The highest BCUT2D eigenvalue weighted by Gasteiger charge is 2.33. The summed E-state index contributed by atoms with van der Waals surface area (Å²) in [7, 11) is 0. The van der Waals surface area contributed by atoms with Crippen molar-refractivity contribution in [3.05, 3.63) is 101 Å². The zero-order valence-corrected chi connectivity index (χ0v) is 27.6. The molecule has 0 bridgehead atoms. The molecule has 1 aliphatic carbocycles. The molecule has 0 radical (unpaired) electrons. The number of ether oxygens (including phenoxy) is 1. The maximum atomic E-state index is 13.4. The molecule has 4 aromatic rings. The summed E-state index contributed by atoms with van der Waals surface area (Å²) in [4.78, 5) is 32.5. The Morgan fingerprint density at radius 1 is 1.04 bits per heavy atom. The average Bonchev–Trinajstić information content (AvgIpc) is 3.68. The number of thioether (sulfide) groups is 1. The second-order valence-corrected chi connectivity index (χ2v) is 13.4. The van der Waals surface area contributed by atoms with E-state index in [2.05, 4.69) is 40.1 Å². The number of halogens is 3. The number of rotatable bonds is 8. The van der Waals surface area contributed by atoms with Crippen molar-refractivity contribution < 1.29 is 27.5 Å². The van der Waals surface area contributed by atoms with E-state index in [0.29, 0.717) is 22.3 Å². The lowest BCUT2D eigenvalue weighted by Gasteiger charge is -2.32. The van der Waals surface area contributed by atoms with Gasteiger partial charge < -0.3 is 10.1 Å². The zero-order chi connectivity index (χ0) is 34.0. The van der Waals surface area contributed by atoms with E-state index in [4.69, 9.17) is 0 Å². The lowest BCUT2D eigenvalue weighted by molar-refractivity contribution is -0.274. The Hall–Kier alpha value is -4.58. The smallest absolute Gasteiger partial charge is 0.406 e. The van der Waals surface area contributed by atoms with Crippen LogP contribution in [0.4, 0.5) is 18.9 Å². The van der Waals surface area contributed by atoms with E-state index in [9.17, 15) is 22.8 Å². The van der Waals surface area contributed by atoms with Gasteiger partial charge in [0.15, 0.2) is 5.82 Å². The Morgan fingerprint density at radius 2 is 1.77 bits per heavy atom. The average molecular weight is 676 g/mol. The summed E-state index contributed by atoms with van der Waals surface area (Å²) in [6.07, 6.45) is 2.17. The highest BCUT2D eigenvalue weighted by atomic mass is 32.2.